The van der Waals surface area contributed by atoms with Gasteiger partial charge in [0.1, 0.15) is 0 Å². The van der Waals surface area contributed by atoms with Crippen molar-refractivity contribution in [1.82, 2.24) is 6.15 Å². The molecular weight excluding hydrogens is 196 g/mol. The highest BCUT2D eigenvalue weighted by molar-refractivity contribution is 5.73. The molecule has 0 unspecified atom stereocenters. The van der Waals surface area contributed by atoms with Crippen LogP contribution >= 0.6 is 0 Å². The molecule has 0 aromatic carbocycles. The summed E-state index contributed by atoms with van der Waals surface area (Å²) in [6, 6.07) is 0. The van der Waals surface area contributed by atoms with Gasteiger partial charge in [0.2, 0.25) is 5.91 Å². The summed E-state index contributed by atoms with van der Waals surface area (Å²) in [7, 11) is 0. The molecular formula is C10H22N2O3. The lowest BCUT2D eigenvalue weighted by Gasteiger charge is -1.99. The first-order valence-corrected chi connectivity index (χ1v) is 5.13. The van der Waals surface area contributed by atoms with Crippen LogP contribution < -0.4 is 11.9 Å². The molecule has 5 heteroatoms. The minimum atomic E-state index is -0.723. The second kappa shape index (κ2) is 11.0. The predicted octanol–water partition coefficient (Wildman–Crippen LogP) is 1.84. The van der Waals surface area contributed by atoms with Gasteiger partial charge in [0, 0.05) is 12.8 Å². The van der Waals surface area contributed by atoms with Crippen molar-refractivity contribution < 1.29 is 14.7 Å². The summed E-state index contributed by atoms with van der Waals surface area (Å²) in [5.41, 5.74) is 4.98. The Morgan fingerprint density at radius 2 is 1.27 bits per heavy atom. The monoisotopic (exact) mass is 218 g/mol. The van der Waals surface area contributed by atoms with Crippen molar-refractivity contribution in [1.29, 1.82) is 0 Å². The van der Waals surface area contributed by atoms with Crippen LogP contribution in [0.5, 0.6) is 0 Å². The van der Waals surface area contributed by atoms with E-state index in [0.717, 1.165) is 38.5 Å². The first-order valence-electron chi connectivity index (χ1n) is 5.13. The van der Waals surface area contributed by atoms with Crippen LogP contribution in [0.25, 0.3) is 0 Å². The SMILES string of the molecule is N.NC(=O)CCCCCCCCC(=O)O. The van der Waals surface area contributed by atoms with Gasteiger partial charge in [-0.1, -0.05) is 25.7 Å². The van der Waals surface area contributed by atoms with Crippen molar-refractivity contribution in [3.05, 3.63) is 0 Å². The van der Waals surface area contributed by atoms with Gasteiger partial charge in [-0.15, -0.1) is 0 Å². The first-order chi connectivity index (χ1) is 6.63. The molecule has 0 aliphatic carbocycles. The van der Waals surface area contributed by atoms with Crippen LogP contribution in [0.3, 0.4) is 0 Å². The number of carbonyl (C=O) groups excluding carboxylic acids is 1. The minimum Gasteiger partial charge on any atom is -0.481 e. The highest BCUT2D eigenvalue weighted by Crippen LogP contribution is 2.08. The summed E-state index contributed by atoms with van der Waals surface area (Å²) in [5, 5.41) is 8.36. The van der Waals surface area contributed by atoms with Crippen LogP contribution in [0.2, 0.25) is 0 Å². The van der Waals surface area contributed by atoms with E-state index in [1.165, 1.54) is 0 Å². The molecule has 0 heterocycles. The summed E-state index contributed by atoms with van der Waals surface area (Å²) in [6.07, 6.45) is 6.42. The van der Waals surface area contributed by atoms with E-state index in [1.54, 1.807) is 0 Å². The van der Waals surface area contributed by atoms with Crippen LogP contribution in [0, 0.1) is 0 Å². The van der Waals surface area contributed by atoms with E-state index >= 15 is 0 Å². The Kier molecular flexibility index (Phi) is 12.0. The number of rotatable bonds is 9. The molecule has 0 aromatic rings. The van der Waals surface area contributed by atoms with Crippen LogP contribution in [0.1, 0.15) is 51.4 Å². The highest BCUT2D eigenvalue weighted by atomic mass is 16.4. The quantitative estimate of drug-likeness (QED) is 0.512. The Labute approximate surface area is 90.6 Å². The number of nitrogens with two attached hydrogens (primary N) is 1. The zero-order chi connectivity index (χ0) is 10.8. The Balaban J connectivity index is 0. The molecule has 0 fully saturated rings. The molecule has 5 nitrogen and oxygen atoms in total. The van der Waals surface area contributed by atoms with Crippen molar-refractivity contribution in [2.24, 2.45) is 5.73 Å². The van der Waals surface area contributed by atoms with E-state index in [9.17, 15) is 9.59 Å². The topological polar surface area (TPSA) is 115 Å². The van der Waals surface area contributed by atoms with E-state index in [0.29, 0.717) is 6.42 Å². The molecule has 0 radical (unpaired) electrons. The number of hydrogen-bond donors (Lipinski definition) is 3. The van der Waals surface area contributed by atoms with Crippen LogP contribution in [0.15, 0.2) is 0 Å². The van der Waals surface area contributed by atoms with Crippen LogP contribution in [-0.4, -0.2) is 17.0 Å². The van der Waals surface area contributed by atoms with Gasteiger partial charge < -0.3 is 17.0 Å². The Hall–Kier alpha value is -1.10. The van der Waals surface area contributed by atoms with Crippen molar-refractivity contribution in [3.8, 4) is 0 Å². The van der Waals surface area contributed by atoms with E-state index in [1.807, 2.05) is 0 Å². The molecule has 0 aliphatic heterocycles. The zero-order valence-corrected chi connectivity index (χ0v) is 9.21. The summed E-state index contributed by atoms with van der Waals surface area (Å²) in [6.45, 7) is 0. The highest BCUT2D eigenvalue weighted by Gasteiger charge is 1.97. The fourth-order valence-corrected chi connectivity index (χ4v) is 1.28. The molecule has 1 amide bonds. The standard InChI is InChI=1S/C10H19NO3.H3N/c11-9(12)7-5-3-1-2-4-6-8-10(13)14;/h1-8H2,(H2,11,12)(H,13,14);1H3. The van der Waals surface area contributed by atoms with Gasteiger partial charge in [-0.25, -0.2) is 0 Å². The van der Waals surface area contributed by atoms with Crippen molar-refractivity contribution in [3.63, 3.8) is 0 Å². The number of unbranched alkanes of at least 4 members (excludes halogenated alkanes) is 5. The van der Waals surface area contributed by atoms with Crippen molar-refractivity contribution in [2.45, 2.75) is 51.4 Å². The van der Waals surface area contributed by atoms with E-state index < -0.39 is 5.97 Å². The molecule has 90 valence electrons. The summed E-state index contributed by atoms with van der Waals surface area (Å²) < 4.78 is 0. The number of aliphatic carboxylic acids is 1. The second-order valence-corrected chi connectivity index (χ2v) is 3.48. The van der Waals surface area contributed by atoms with E-state index in [2.05, 4.69) is 0 Å². The molecule has 0 rings (SSSR count). The van der Waals surface area contributed by atoms with E-state index in [4.69, 9.17) is 10.8 Å². The Morgan fingerprint density at radius 3 is 1.67 bits per heavy atom. The van der Waals surface area contributed by atoms with Crippen LogP contribution in [-0.2, 0) is 9.59 Å². The molecule has 15 heavy (non-hydrogen) atoms. The molecule has 0 bridgehead atoms. The molecule has 0 saturated heterocycles. The lowest BCUT2D eigenvalue weighted by molar-refractivity contribution is -0.137. The molecule has 0 saturated carbocycles. The van der Waals surface area contributed by atoms with Gasteiger partial charge in [0.05, 0.1) is 0 Å². The number of carboxylic acid groups (broad SMARTS) is 1. The second-order valence-electron chi connectivity index (χ2n) is 3.48. The van der Waals surface area contributed by atoms with Crippen molar-refractivity contribution >= 4 is 11.9 Å². The fourth-order valence-electron chi connectivity index (χ4n) is 1.28. The predicted molar refractivity (Wildman–Crippen MR) is 58.8 cm³/mol. The number of carbonyl (C=O) groups is 2. The third-order valence-electron chi connectivity index (χ3n) is 2.06. The van der Waals surface area contributed by atoms with E-state index in [-0.39, 0.29) is 18.5 Å². The van der Waals surface area contributed by atoms with Gasteiger partial charge >= 0.3 is 5.97 Å². The Morgan fingerprint density at radius 1 is 0.867 bits per heavy atom. The summed E-state index contributed by atoms with van der Waals surface area (Å²) >= 11 is 0. The first kappa shape index (κ1) is 16.3. The lowest BCUT2D eigenvalue weighted by atomic mass is 10.1. The lowest BCUT2D eigenvalue weighted by Crippen LogP contribution is -2.09. The maximum absolute atomic E-state index is 10.4. The summed E-state index contributed by atoms with van der Waals surface area (Å²) in [4.78, 5) is 20.5. The molecule has 0 atom stereocenters. The minimum absolute atomic E-state index is 0. The number of amides is 1. The average molecular weight is 218 g/mol. The zero-order valence-electron chi connectivity index (χ0n) is 9.21. The van der Waals surface area contributed by atoms with Gasteiger partial charge in [-0.2, -0.15) is 0 Å². The van der Waals surface area contributed by atoms with Gasteiger partial charge in [-0.05, 0) is 12.8 Å². The number of primary amides is 1. The summed E-state index contributed by atoms with van der Waals surface area (Å²) in [5.74, 6) is -0.963. The number of hydrogen-bond acceptors (Lipinski definition) is 3. The third kappa shape index (κ3) is 15.6. The Bertz CT molecular complexity index is 164. The van der Waals surface area contributed by atoms with Gasteiger partial charge in [0.15, 0.2) is 0 Å². The normalized spacial score (nSPS) is 9.33. The van der Waals surface area contributed by atoms with Gasteiger partial charge in [0.25, 0.3) is 0 Å². The maximum atomic E-state index is 10.4. The fraction of sp³-hybridized carbons (Fsp3) is 0.800. The maximum Gasteiger partial charge on any atom is 0.303 e. The number of carboxylic acids is 1. The molecule has 0 aromatic heterocycles. The smallest absolute Gasteiger partial charge is 0.303 e. The molecule has 0 spiro atoms. The van der Waals surface area contributed by atoms with Crippen molar-refractivity contribution in [2.75, 3.05) is 0 Å². The largest absolute Gasteiger partial charge is 0.481 e. The van der Waals surface area contributed by atoms with Gasteiger partial charge in [-0.3, -0.25) is 9.59 Å². The third-order valence-corrected chi connectivity index (χ3v) is 2.06. The van der Waals surface area contributed by atoms with Crippen LogP contribution in [0.4, 0.5) is 0 Å². The molecule has 6 N–H and O–H groups in total. The molecule has 0 aliphatic rings. The average Bonchev–Trinajstić information content (AvgIpc) is 2.08.